The Labute approximate surface area is 109 Å². The van der Waals surface area contributed by atoms with E-state index in [1.165, 1.54) is 19.8 Å². The Morgan fingerprint density at radius 1 is 1.32 bits per heavy atom. The molecule has 0 saturated carbocycles. The van der Waals surface area contributed by atoms with Crippen LogP contribution < -0.4 is 11.1 Å². The second kappa shape index (κ2) is 9.10. The monoisotopic (exact) mass is 275 g/mol. The molecule has 10 nitrogen and oxygen atoms in total. The first kappa shape index (κ1) is 17.1. The third kappa shape index (κ3) is 7.21. The summed E-state index contributed by atoms with van der Waals surface area (Å²) in [4.78, 5) is 21.4. The fourth-order valence-corrected chi connectivity index (χ4v) is 0.596. The van der Waals surface area contributed by atoms with Crippen LogP contribution in [0.5, 0.6) is 0 Å². The largest absolute Gasteiger partial charge is 0.453 e. The number of hydrogen-bond acceptors (Lipinski definition) is 9. The van der Waals surface area contributed by atoms with Crippen molar-refractivity contribution in [2.24, 2.45) is 5.73 Å². The molecule has 0 aliphatic heterocycles. The summed E-state index contributed by atoms with van der Waals surface area (Å²) < 4.78 is 4.30. The predicted molar refractivity (Wildman–Crippen MR) is 64.0 cm³/mol. The van der Waals surface area contributed by atoms with Gasteiger partial charge < -0.3 is 25.8 Å². The summed E-state index contributed by atoms with van der Waals surface area (Å²) in [6.07, 6.45) is 1.95. The number of methoxy groups -OCH3 is 1. The number of carbonyl (C=O) groups excluding carboxylic acids is 1. The van der Waals surface area contributed by atoms with Gasteiger partial charge in [0.05, 0.1) is 32.5 Å². The molecule has 1 aromatic rings. The number of nitrogens with two attached hydrogens (primary N) is 1. The van der Waals surface area contributed by atoms with E-state index in [0.29, 0.717) is 0 Å². The van der Waals surface area contributed by atoms with E-state index in [1.54, 1.807) is 0 Å². The molecular formula is C9H17N5O5. The zero-order valence-electron chi connectivity index (χ0n) is 10.4. The standard InChI is InChI=1S/C5H6N4O2.C4H11NO3/c1-11-5(10)9-4-7-2-6-3-8-4;5-4(1-6,2-7)3-8/h2-3H,1H3,(H,6,7,8,9,10);6-8H,1-3,5H2. The maximum absolute atomic E-state index is 10.5. The van der Waals surface area contributed by atoms with Crippen molar-refractivity contribution in [3.63, 3.8) is 0 Å². The summed E-state index contributed by atoms with van der Waals surface area (Å²) in [7, 11) is 1.26. The number of aliphatic hydroxyl groups is 3. The van der Waals surface area contributed by atoms with Crippen molar-refractivity contribution in [1.82, 2.24) is 15.0 Å². The molecule has 19 heavy (non-hydrogen) atoms. The van der Waals surface area contributed by atoms with E-state index in [1.807, 2.05) is 0 Å². The number of nitrogens with one attached hydrogen (secondary N) is 1. The minimum Gasteiger partial charge on any atom is -0.453 e. The fourth-order valence-electron chi connectivity index (χ4n) is 0.596. The molecule has 6 N–H and O–H groups in total. The van der Waals surface area contributed by atoms with Gasteiger partial charge in [-0.2, -0.15) is 0 Å². The first-order chi connectivity index (χ1) is 9.01. The van der Waals surface area contributed by atoms with Gasteiger partial charge in [0.15, 0.2) is 0 Å². The third-order valence-corrected chi connectivity index (χ3v) is 1.84. The molecule has 0 fully saturated rings. The van der Waals surface area contributed by atoms with Crippen molar-refractivity contribution < 1.29 is 24.9 Å². The molecule has 1 aromatic heterocycles. The number of aliphatic hydroxyl groups excluding tert-OH is 3. The van der Waals surface area contributed by atoms with Gasteiger partial charge in [-0.3, -0.25) is 5.32 Å². The van der Waals surface area contributed by atoms with E-state index in [4.69, 9.17) is 21.1 Å². The first-order valence-corrected chi connectivity index (χ1v) is 5.09. The number of aromatic nitrogens is 3. The van der Waals surface area contributed by atoms with Gasteiger partial charge in [0, 0.05) is 0 Å². The maximum Gasteiger partial charge on any atom is 0.413 e. The van der Waals surface area contributed by atoms with Crippen LogP contribution in [0.4, 0.5) is 10.7 Å². The number of anilines is 1. The Hall–Kier alpha value is -1.88. The molecule has 0 aliphatic rings. The van der Waals surface area contributed by atoms with Crippen LogP contribution in [0, 0.1) is 0 Å². The van der Waals surface area contributed by atoms with Crippen LogP contribution >= 0.6 is 0 Å². The molecule has 108 valence electrons. The predicted octanol–water partition coefficient (Wildman–Crippen LogP) is -2.29. The lowest BCUT2D eigenvalue weighted by Gasteiger charge is -2.20. The molecule has 0 bridgehead atoms. The smallest absolute Gasteiger partial charge is 0.413 e. The van der Waals surface area contributed by atoms with Crippen LogP contribution in [0.15, 0.2) is 12.7 Å². The molecule has 0 spiro atoms. The number of rotatable bonds is 4. The van der Waals surface area contributed by atoms with E-state index < -0.39 is 31.5 Å². The van der Waals surface area contributed by atoms with E-state index in [-0.39, 0.29) is 5.95 Å². The lowest BCUT2D eigenvalue weighted by molar-refractivity contribution is 0.0697. The Balaban J connectivity index is 0.000000362. The van der Waals surface area contributed by atoms with Crippen LogP contribution in [0.25, 0.3) is 0 Å². The molecule has 0 aliphatic carbocycles. The van der Waals surface area contributed by atoms with Gasteiger partial charge in [0.1, 0.15) is 12.7 Å². The van der Waals surface area contributed by atoms with E-state index in [2.05, 4.69) is 25.0 Å². The zero-order chi connectivity index (χ0) is 14.7. The number of ether oxygens (including phenoxy) is 1. The van der Waals surface area contributed by atoms with Gasteiger partial charge >= 0.3 is 6.09 Å². The molecule has 10 heteroatoms. The summed E-state index contributed by atoms with van der Waals surface area (Å²) >= 11 is 0. The minimum atomic E-state index is -1.21. The molecule has 0 saturated heterocycles. The topological polar surface area (TPSA) is 164 Å². The van der Waals surface area contributed by atoms with Crippen LogP contribution in [0.3, 0.4) is 0 Å². The number of hydrogen-bond donors (Lipinski definition) is 5. The number of carbonyl (C=O) groups is 1. The van der Waals surface area contributed by atoms with Crippen molar-refractivity contribution in [2.45, 2.75) is 5.54 Å². The fraction of sp³-hybridized carbons (Fsp3) is 0.556. The third-order valence-electron chi connectivity index (χ3n) is 1.84. The van der Waals surface area contributed by atoms with Gasteiger partial charge in [-0.15, -0.1) is 0 Å². The number of amides is 1. The summed E-state index contributed by atoms with van der Waals surface area (Å²) in [5.74, 6) is 0.173. The lowest BCUT2D eigenvalue weighted by Crippen LogP contribution is -2.50. The van der Waals surface area contributed by atoms with Gasteiger partial charge in [-0.05, 0) is 0 Å². The van der Waals surface area contributed by atoms with Crippen LogP contribution in [-0.4, -0.2) is 68.8 Å². The minimum absolute atomic E-state index is 0.173. The molecular weight excluding hydrogens is 258 g/mol. The van der Waals surface area contributed by atoms with Crippen molar-refractivity contribution in [1.29, 1.82) is 0 Å². The molecule has 1 amide bonds. The normalized spacial score (nSPS) is 10.2. The quantitative estimate of drug-likeness (QED) is 0.406. The van der Waals surface area contributed by atoms with E-state index in [0.717, 1.165) is 0 Å². The highest BCUT2D eigenvalue weighted by atomic mass is 16.5. The second-order valence-electron chi connectivity index (χ2n) is 3.42. The second-order valence-corrected chi connectivity index (χ2v) is 3.42. The first-order valence-electron chi connectivity index (χ1n) is 5.09. The Morgan fingerprint density at radius 3 is 2.11 bits per heavy atom. The van der Waals surface area contributed by atoms with Gasteiger partial charge in [0.2, 0.25) is 5.95 Å². The highest BCUT2D eigenvalue weighted by Gasteiger charge is 2.20. The zero-order valence-corrected chi connectivity index (χ0v) is 10.4. The summed E-state index contributed by atoms with van der Waals surface area (Å²) in [6, 6.07) is 0. The summed E-state index contributed by atoms with van der Waals surface area (Å²) in [5.41, 5.74) is 3.94. The van der Waals surface area contributed by atoms with Crippen molar-refractivity contribution in [3.05, 3.63) is 12.7 Å². The molecule has 0 radical (unpaired) electrons. The van der Waals surface area contributed by atoms with Gasteiger partial charge in [-0.1, -0.05) is 0 Å². The van der Waals surface area contributed by atoms with E-state index in [9.17, 15) is 4.79 Å². The highest BCUT2D eigenvalue weighted by molar-refractivity contribution is 5.81. The summed E-state index contributed by atoms with van der Waals surface area (Å²) in [6.45, 7) is -1.21. The van der Waals surface area contributed by atoms with Gasteiger partial charge in [0.25, 0.3) is 0 Å². The van der Waals surface area contributed by atoms with Crippen molar-refractivity contribution >= 4 is 12.0 Å². The van der Waals surface area contributed by atoms with Crippen molar-refractivity contribution in [3.8, 4) is 0 Å². The number of nitrogens with zero attached hydrogens (tertiary/aromatic N) is 3. The highest BCUT2D eigenvalue weighted by Crippen LogP contribution is 1.93. The van der Waals surface area contributed by atoms with Crippen LogP contribution in [0.1, 0.15) is 0 Å². The summed E-state index contributed by atoms with van der Waals surface area (Å²) in [5, 5.41) is 27.3. The lowest BCUT2D eigenvalue weighted by atomic mass is 10.1. The maximum atomic E-state index is 10.5. The molecule has 0 atom stereocenters. The van der Waals surface area contributed by atoms with Crippen molar-refractivity contribution in [2.75, 3.05) is 32.2 Å². The SMILES string of the molecule is COC(=O)Nc1ncncn1.NC(CO)(CO)CO. The van der Waals surface area contributed by atoms with E-state index >= 15 is 0 Å². The van der Waals surface area contributed by atoms with Crippen LogP contribution in [0.2, 0.25) is 0 Å². The average molecular weight is 275 g/mol. The van der Waals surface area contributed by atoms with Crippen LogP contribution in [-0.2, 0) is 4.74 Å². The Kier molecular flexibility index (Phi) is 8.20. The molecule has 0 aromatic carbocycles. The Morgan fingerprint density at radius 2 is 1.79 bits per heavy atom. The molecule has 0 unspecified atom stereocenters. The average Bonchev–Trinajstić information content (AvgIpc) is 2.48. The molecule has 1 rings (SSSR count). The molecule has 1 heterocycles. The van der Waals surface area contributed by atoms with Gasteiger partial charge in [-0.25, -0.2) is 19.7 Å². The Bertz CT molecular complexity index is 351.